The number of piperidine rings is 1. The molecule has 0 aromatic rings. The summed E-state index contributed by atoms with van der Waals surface area (Å²) >= 11 is 0. The highest BCUT2D eigenvalue weighted by Gasteiger charge is 2.29. The fourth-order valence-corrected chi connectivity index (χ4v) is 3.81. The number of nitrogens with one attached hydrogen (secondary N) is 1. The van der Waals surface area contributed by atoms with Crippen LogP contribution in [0.3, 0.4) is 0 Å². The van der Waals surface area contributed by atoms with Crippen LogP contribution in [0.4, 0.5) is 0 Å². The molecule has 1 saturated heterocycles. The van der Waals surface area contributed by atoms with Gasteiger partial charge in [-0.2, -0.15) is 0 Å². The summed E-state index contributed by atoms with van der Waals surface area (Å²) in [6.07, 6.45) is 7.45. The van der Waals surface area contributed by atoms with Crippen molar-refractivity contribution in [3.8, 4) is 0 Å². The number of hydrogen-bond donors (Lipinski definition) is 1. The Morgan fingerprint density at radius 2 is 1.81 bits per heavy atom. The zero-order valence-corrected chi connectivity index (χ0v) is 11.5. The van der Waals surface area contributed by atoms with E-state index < -0.39 is 0 Å². The first-order valence-corrected chi connectivity index (χ1v) is 7.48. The van der Waals surface area contributed by atoms with Crippen molar-refractivity contribution in [3.05, 3.63) is 0 Å². The second-order valence-electron chi connectivity index (χ2n) is 6.79. The molecule has 2 rings (SSSR count). The molecule has 16 heavy (non-hydrogen) atoms. The lowest BCUT2D eigenvalue weighted by molar-refractivity contribution is -0.913. The molecule has 5 atom stereocenters. The molecule has 1 N–H and O–H groups in total. The van der Waals surface area contributed by atoms with Crippen molar-refractivity contribution in [2.75, 3.05) is 19.6 Å². The van der Waals surface area contributed by atoms with Crippen LogP contribution < -0.4 is 4.90 Å². The van der Waals surface area contributed by atoms with Gasteiger partial charge in [-0.05, 0) is 31.1 Å². The smallest absolute Gasteiger partial charge is 0.0799 e. The highest BCUT2D eigenvalue weighted by atomic mass is 15.1. The molecule has 0 aromatic carbocycles. The van der Waals surface area contributed by atoms with Crippen LogP contribution >= 0.6 is 0 Å². The largest absolute Gasteiger partial charge is 0.334 e. The third-order valence-corrected chi connectivity index (χ3v) is 5.16. The summed E-state index contributed by atoms with van der Waals surface area (Å²) in [7, 11) is 0. The van der Waals surface area contributed by atoms with Gasteiger partial charge in [0.2, 0.25) is 0 Å². The van der Waals surface area contributed by atoms with Crippen molar-refractivity contribution in [2.45, 2.75) is 52.9 Å². The molecule has 94 valence electrons. The first kappa shape index (κ1) is 12.4. The van der Waals surface area contributed by atoms with Crippen LogP contribution in [0, 0.1) is 23.7 Å². The Kier molecular flexibility index (Phi) is 4.29. The molecule has 0 spiro atoms. The monoisotopic (exact) mass is 224 g/mol. The van der Waals surface area contributed by atoms with E-state index in [4.69, 9.17) is 0 Å². The van der Waals surface area contributed by atoms with E-state index in [2.05, 4.69) is 20.8 Å². The Morgan fingerprint density at radius 3 is 2.50 bits per heavy atom. The van der Waals surface area contributed by atoms with Crippen molar-refractivity contribution in [2.24, 2.45) is 23.7 Å². The first-order valence-electron chi connectivity index (χ1n) is 7.48. The Hall–Kier alpha value is -0.0400. The van der Waals surface area contributed by atoms with E-state index in [-0.39, 0.29) is 0 Å². The molecule has 1 heterocycles. The Morgan fingerprint density at radius 1 is 1.00 bits per heavy atom. The molecule has 0 bridgehead atoms. The maximum Gasteiger partial charge on any atom is 0.0799 e. The SMILES string of the molecule is CC1CCCC(C[NH+]2CCC(C)C(C)C2)C1. The highest BCUT2D eigenvalue weighted by molar-refractivity contribution is 4.71. The van der Waals surface area contributed by atoms with Gasteiger partial charge in [-0.25, -0.2) is 0 Å². The maximum absolute atomic E-state index is 2.45. The highest BCUT2D eigenvalue weighted by Crippen LogP contribution is 2.27. The average molecular weight is 224 g/mol. The molecule has 1 saturated carbocycles. The second-order valence-corrected chi connectivity index (χ2v) is 6.79. The zero-order chi connectivity index (χ0) is 11.5. The number of quaternary nitrogens is 1. The van der Waals surface area contributed by atoms with E-state index in [1.165, 1.54) is 51.7 Å². The van der Waals surface area contributed by atoms with Gasteiger partial charge in [-0.1, -0.05) is 33.6 Å². The van der Waals surface area contributed by atoms with Crippen molar-refractivity contribution >= 4 is 0 Å². The molecule has 2 aliphatic rings. The lowest BCUT2D eigenvalue weighted by Gasteiger charge is -2.36. The summed E-state index contributed by atoms with van der Waals surface area (Å²) in [6, 6.07) is 0. The Bertz CT molecular complexity index is 213. The van der Waals surface area contributed by atoms with Crippen LogP contribution in [0.5, 0.6) is 0 Å². The van der Waals surface area contributed by atoms with Crippen LogP contribution in [0.1, 0.15) is 52.9 Å². The number of likely N-dealkylation sites (tertiary alicyclic amines) is 1. The molecule has 5 unspecified atom stereocenters. The van der Waals surface area contributed by atoms with Crippen LogP contribution in [0.2, 0.25) is 0 Å². The standard InChI is InChI=1S/C15H29N/c1-12-5-4-6-15(9-12)11-16-8-7-13(2)14(3)10-16/h12-15H,4-11H2,1-3H3/p+1. The predicted molar refractivity (Wildman–Crippen MR) is 69.6 cm³/mol. The molecule has 0 aromatic heterocycles. The minimum absolute atomic E-state index is 0.949. The van der Waals surface area contributed by atoms with Crippen LogP contribution in [-0.2, 0) is 0 Å². The maximum atomic E-state index is 2.45. The first-order chi connectivity index (χ1) is 7.65. The molecule has 1 aliphatic carbocycles. The molecule has 1 aliphatic heterocycles. The van der Waals surface area contributed by atoms with Crippen molar-refractivity contribution < 1.29 is 4.90 Å². The van der Waals surface area contributed by atoms with Gasteiger partial charge in [0.1, 0.15) is 0 Å². The van der Waals surface area contributed by atoms with Crippen LogP contribution in [0.15, 0.2) is 0 Å². The van der Waals surface area contributed by atoms with Crippen molar-refractivity contribution in [1.29, 1.82) is 0 Å². The summed E-state index contributed by atoms with van der Waals surface area (Å²) in [5.41, 5.74) is 0. The Labute approximate surface area is 102 Å². The molecule has 2 fully saturated rings. The zero-order valence-electron chi connectivity index (χ0n) is 11.5. The molecule has 0 amide bonds. The van der Waals surface area contributed by atoms with E-state index >= 15 is 0 Å². The molecular weight excluding hydrogens is 194 g/mol. The van der Waals surface area contributed by atoms with E-state index in [9.17, 15) is 0 Å². The second kappa shape index (κ2) is 5.53. The normalized spacial score (nSPS) is 45.6. The van der Waals surface area contributed by atoms with Gasteiger partial charge in [-0.15, -0.1) is 0 Å². The third kappa shape index (κ3) is 3.23. The van der Waals surface area contributed by atoms with Gasteiger partial charge in [0.05, 0.1) is 19.6 Å². The summed E-state index contributed by atoms with van der Waals surface area (Å²) in [4.78, 5) is 1.91. The van der Waals surface area contributed by atoms with Gasteiger partial charge in [-0.3, -0.25) is 0 Å². The van der Waals surface area contributed by atoms with E-state index in [1.54, 1.807) is 0 Å². The van der Waals surface area contributed by atoms with Gasteiger partial charge < -0.3 is 4.90 Å². The van der Waals surface area contributed by atoms with Crippen LogP contribution in [0.25, 0.3) is 0 Å². The lowest BCUT2D eigenvalue weighted by Crippen LogP contribution is -3.14. The predicted octanol–water partition coefficient (Wildman–Crippen LogP) is 2.37. The Balaban J connectivity index is 1.76. The van der Waals surface area contributed by atoms with Gasteiger partial charge in [0, 0.05) is 11.8 Å². The topological polar surface area (TPSA) is 4.44 Å². The van der Waals surface area contributed by atoms with E-state index in [1.807, 2.05) is 4.90 Å². The van der Waals surface area contributed by atoms with E-state index in [0.717, 1.165) is 23.7 Å². The van der Waals surface area contributed by atoms with Crippen molar-refractivity contribution in [3.63, 3.8) is 0 Å². The molecule has 0 radical (unpaired) electrons. The lowest BCUT2D eigenvalue weighted by atomic mass is 9.81. The number of hydrogen-bond acceptors (Lipinski definition) is 0. The van der Waals surface area contributed by atoms with Crippen molar-refractivity contribution in [1.82, 2.24) is 0 Å². The minimum atomic E-state index is 0.949. The average Bonchev–Trinajstić information content (AvgIpc) is 2.24. The fourth-order valence-electron chi connectivity index (χ4n) is 3.81. The minimum Gasteiger partial charge on any atom is -0.334 e. The van der Waals surface area contributed by atoms with Gasteiger partial charge in [0.15, 0.2) is 0 Å². The van der Waals surface area contributed by atoms with Crippen LogP contribution in [-0.4, -0.2) is 19.6 Å². The quantitative estimate of drug-likeness (QED) is 0.734. The molecular formula is C15H30N+. The fraction of sp³-hybridized carbons (Fsp3) is 1.00. The summed E-state index contributed by atoms with van der Waals surface area (Å²) in [6.45, 7) is 11.7. The summed E-state index contributed by atoms with van der Waals surface area (Å²) in [5, 5.41) is 0. The third-order valence-electron chi connectivity index (χ3n) is 5.16. The van der Waals surface area contributed by atoms with Gasteiger partial charge in [0.25, 0.3) is 0 Å². The summed E-state index contributed by atoms with van der Waals surface area (Å²) in [5.74, 6) is 3.96. The van der Waals surface area contributed by atoms with Gasteiger partial charge >= 0.3 is 0 Å². The van der Waals surface area contributed by atoms with E-state index in [0.29, 0.717) is 0 Å². The number of rotatable bonds is 2. The molecule has 1 heteroatoms. The summed E-state index contributed by atoms with van der Waals surface area (Å²) < 4.78 is 0. The molecule has 1 nitrogen and oxygen atoms in total.